The van der Waals surface area contributed by atoms with Gasteiger partial charge in [0, 0.05) is 18.5 Å². The number of hydrogen-bond donors (Lipinski definition) is 1. The number of amides is 1. The third kappa shape index (κ3) is 4.85. The second kappa shape index (κ2) is 9.94. The number of benzene rings is 2. The van der Waals surface area contributed by atoms with E-state index in [1.165, 1.54) is 63.0 Å². The fraction of sp³-hybridized carbons (Fsp3) is 0.174. The lowest BCUT2D eigenvalue weighted by Crippen LogP contribution is -2.42. The van der Waals surface area contributed by atoms with Gasteiger partial charge in [-0.25, -0.2) is 19.2 Å². The van der Waals surface area contributed by atoms with Gasteiger partial charge in [-0.15, -0.1) is 0 Å². The smallest absolute Gasteiger partial charge is 0.333 e. The van der Waals surface area contributed by atoms with Crippen molar-refractivity contribution in [2.75, 3.05) is 19.5 Å². The molecule has 0 aliphatic carbocycles. The molecule has 0 radical (unpaired) electrons. The van der Waals surface area contributed by atoms with Crippen LogP contribution in [0.25, 0.3) is 11.2 Å². The molecular weight excluding hydrogens is 481 g/mol. The highest BCUT2D eigenvalue weighted by atomic mass is 35.5. The van der Waals surface area contributed by atoms with Crippen LogP contribution in [0.5, 0.6) is 11.5 Å². The van der Waals surface area contributed by atoms with E-state index in [9.17, 15) is 18.8 Å². The van der Waals surface area contributed by atoms with Crippen LogP contribution in [0.2, 0.25) is 5.02 Å². The number of halogens is 2. The highest BCUT2D eigenvalue weighted by Crippen LogP contribution is 2.35. The van der Waals surface area contributed by atoms with E-state index in [0.717, 1.165) is 9.13 Å². The summed E-state index contributed by atoms with van der Waals surface area (Å²) in [5.74, 6) is -0.413. The highest BCUT2D eigenvalue weighted by Gasteiger charge is 2.19. The van der Waals surface area contributed by atoms with E-state index in [1.807, 2.05) is 0 Å². The second-order valence-corrected chi connectivity index (χ2v) is 7.76. The summed E-state index contributed by atoms with van der Waals surface area (Å²) in [5.41, 5.74) is -0.821. The first-order chi connectivity index (χ1) is 16.8. The van der Waals surface area contributed by atoms with Gasteiger partial charge in [-0.05, 0) is 23.8 Å². The maximum Gasteiger partial charge on any atom is 0.333 e. The fourth-order valence-corrected chi connectivity index (χ4v) is 3.72. The van der Waals surface area contributed by atoms with E-state index in [4.69, 9.17) is 21.1 Å². The van der Waals surface area contributed by atoms with Gasteiger partial charge in [0.25, 0.3) is 5.56 Å². The van der Waals surface area contributed by atoms with E-state index in [0.29, 0.717) is 11.3 Å². The molecule has 2 aromatic heterocycles. The molecule has 0 aliphatic rings. The van der Waals surface area contributed by atoms with Crippen molar-refractivity contribution >= 4 is 34.4 Å². The van der Waals surface area contributed by atoms with Crippen LogP contribution < -0.4 is 26.0 Å². The van der Waals surface area contributed by atoms with Crippen LogP contribution in [-0.2, 0) is 17.9 Å². The summed E-state index contributed by atoms with van der Waals surface area (Å²) in [7, 11) is 2.86. The summed E-state index contributed by atoms with van der Waals surface area (Å²) < 4.78 is 25.7. The summed E-state index contributed by atoms with van der Waals surface area (Å²) >= 11 is 6.16. The number of carbonyl (C=O) groups excluding carboxylic acids is 1. The number of carbonyl (C=O) groups is 1. The van der Waals surface area contributed by atoms with Crippen molar-refractivity contribution in [3.8, 4) is 11.5 Å². The van der Waals surface area contributed by atoms with Crippen LogP contribution in [-0.4, -0.2) is 39.2 Å². The molecule has 2 heterocycles. The molecule has 1 amide bonds. The fourth-order valence-electron chi connectivity index (χ4n) is 3.48. The molecule has 12 heteroatoms. The Morgan fingerprint density at radius 3 is 2.40 bits per heavy atom. The number of fused-ring (bicyclic) bond motifs is 1. The third-order valence-electron chi connectivity index (χ3n) is 5.15. The lowest BCUT2D eigenvalue weighted by atomic mass is 10.2. The largest absolute Gasteiger partial charge is 0.495 e. The molecule has 0 bridgehead atoms. The normalized spacial score (nSPS) is 10.9. The maximum absolute atomic E-state index is 13.3. The van der Waals surface area contributed by atoms with Crippen molar-refractivity contribution in [3.63, 3.8) is 0 Å². The molecule has 180 valence electrons. The molecule has 0 unspecified atom stereocenters. The van der Waals surface area contributed by atoms with E-state index in [2.05, 4.69) is 15.3 Å². The molecule has 0 saturated heterocycles. The minimum atomic E-state index is -0.776. The van der Waals surface area contributed by atoms with Crippen molar-refractivity contribution in [2.24, 2.45) is 0 Å². The number of nitrogens with zero attached hydrogens (tertiary/aromatic N) is 4. The molecule has 0 fully saturated rings. The SMILES string of the molecule is COc1cc(OC)c(NC(=O)Cn2c(=O)n(Cc3ccc(F)cc3)c(=O)c3nccnc32)cc1Cl. The second-order valence-electron chi connectivity index (χ2n) is 7.35. The minimum Gasteiger partial charge on any atom is -0.495 e. The first-order valence-corrected chi connectivity index (χ1v) is 10.6. The topological polar surface area (TPSA) is 117 Å². The Kier molecular flexibility index (Phi) is 6.78. The number of methoxy groups -OCH3 is 2. The predicted molar refractivity (Wildman–Crippen MR) is 127 cm³/mol. The van der Waals surface area contributed by atoms with E-state index >= 15 is 0 Å². The Bertz CT molecular complexity index is 1530. The Hall–Kier alpha value is -4.25. The monoisotopic (exact) mass is 499 g/mol. The van der Waals surface area contributed by atoms with E-state index in [1.54, 1.807) is 0 Å². The number of rotatable bonds is 7. The van der Waals surface area contributed by atoms with Crippen LogP contribution >= 0.6 is 11.6 Å². The quantitative estimate of drug-likeness (QED) is 0.415. The van der Waals surface area contributed by atoms with Crippen LogP contribution in [0.4, 0.5) is 10.1 Å². The van der Waals surface area contributed by atoms with Crippen LogP contribution in [0.15, 0.2) is 58.4 Å². The van der Waals surface area contributed by atoms with Gasteiger partial charge in [0.2, 0.25) is 5.91 Å². The van der Waals surface area contributed by atoms with Crippen molar-refractivity contribution in [2.45, 2.75) is 13.1 Å². The number of aromatic nitrogens is 4. The van der Waals surface area contributed by atoms with Crippen molar-refractivity contribution < 1.29 is 18.7 Å². The Labute approximate surface area is 202 Å². The molecule has 10 nitrogen and oxygen atoms in total. The Balaban J connectivity index is 1.73. The van der Waals surface area contributed by atoms with Crippen molar-refractivity contribution in [1.29, 1.82) is 0 Å². The van der Waals surface area contributed by atoms with Crippen molar-refractivity contribution in [1.82, 2.24) is 19.1 Å². The predicted octanol–water partition coefficient (Wildman–Crippen LogP) is 2.45. The minimum absolute atomic E-state index is 0.0484. The summed E-state index contributed by atoms with van der Waals surface area (Å²) in [4.78, 5) is 47.3. The first kappa shape index (κ1) is 23.9. The van der Waals surface area contributed by atoms with Gasteiger partial charge in [-0.2, -0.15) is 0 Å². The molecular formula is C23H19ClFN5O5. The molecule has 4 rings (SSSR count). The van der Waals surface area contributed by atoms with Gasteiger partial charge in [0.05, 0.1) is 31.5 Å². The molecule has 0 aliphatic heterocycles. The highest BCUT2D eigenvalue weighted by molar-refractivity contribution is 6.32. The maximum atomic E-state index is 13.3. The van der Waals surface area contributed by atoms with Gasteiger partial charge in [0.1, 0.15) is 23.9 Å². The van der Waals surface area contributed by atoms with Crippen LogP contribution in [0.3, 0.4) is 0 Å². The summed E-state index contributed by atoms with van der Waals surface area (Å²) in [5, 5.41) is 2.88. The number of anilines is 1. The van der Waals surface area contributed by atoms with Crippen LogP contribution in [0.1, 0.15) is 5.56 Å². The van der Waals surface area contributed by atoms with Gasteiger partial charge in [0.15, 0.2) is 11.2 Å². The van der Waals surface area contributed by atoms with Gasteiger partial charge in [-0.1, -0.05) is 23.7 Å². The zero-order chi connectivity index (χ0) is 25.1. The summed E-state index contributed by atoms with van der Waals surface area (Å²) in [6.07, 6.45) is 2.62. The van der Waals surface area contributed by atoms with Gasteiger partial charge in [-0.3, -0.25) is 18.7 Å². The van der Waals surface area contributed by atoms with E-state index in [-0.39, 0.29) is 34.2 Å². The molecule has 0 atom stereocenters. The zero-order valence-electron chi connectivity index (χ0n) is 18.6. The first-order valence-electron chi connectivity index (χ1n) is 10.2. The molecule has 0 saturated carbocycles. The summed E-state index contributed by atoms with van der Waals surface area (Å²) in [6, 6.07) is 8.32. The molecule has 1 N–H and O–H groups in total. The number of ether oxygens (including phenoxy) is 2. The third-order valence-corrected chi connectivity index (χ3v) is 5.44. The van der Waals surface area contributed by atoms with Crippen molar-refractivity contribution in [3.05, 3.63) is 86.0 Å². The molecule has 2 aromatic carbocycles. The summed E-state index contributed by atoms with van der Waals surface area (Å²) in [6.45, 7) is -0.626. The zero-order valence-corrected chi connectivity index (χ0v) is 19.4. The van der Waals surface area contributed by atoms with E-state index < -0.39 is 29.5 Å². The lowest BCUT2D eigenvalue weighted by Gasteiger charge is -2.15. The molecule has 4 aromatic rings. The number of hydrogen-bond acceptors (Lipinski definition) is 7. The average molecular weight is 500 g/mol. The average Bonchev–Trinajstić information content (AvgIpc) is 2.85. The molecule has 35 heavy (non-hydrogen) atoms. The Morgan fingerprint density at radius 2 is 1.71 bits per heavy atom. The number of nitrogens with one attached hydrogen (secondary N) is 1. The standard InChI is InChI=1S/C23H19ClFN5O5/c1-34-17-10-18(35-2)16(9-15(17)24)28-19(31)12-29-21-20(26-7-8-27-21)22(32)30(23(29)33)11-13-3-5-14(25)6-4-13/h3-10H,11-12H2,1-2H3,(H,28,31). The van der Waals surface area contributed by atoms with Crippen LogP contribution in [0, 0.1) is 5.82 Å². The lowest BCUT2D eigenvalue weighted by molar-refractivity contribution is -0.116. The van der Waals surface area contributed by atoms with Gasteiger partial charge < -0.3 is 14.8 Å². The molecule has 0 spiro atoms. The van der Waals surface area contributed by atoms with Gasteiger partial charge >= 0.3 is 5.69 Å². The Morgan fingerprint density at radius 1 is 1.03 bits per heavy atom.